The number of ether oxygens (including phenoxy) is 1. The summed E-state index contributed by atoms with van der Waals surface area (Å²) >= 11 is 0. The highest BCUT2D eigenvalue weighted by Gasteiger charge is 2.15. The van der Waals surface area contributed by atoms with E-state index in [0.29, 0.717) is 0 Å². The highest BCUT2D eigenvalue weighted by molar-refractivity contribution is 6.08. The SMILES string of the molecule is C=C/C=C(\C=C(/C)c1ccccc1C)c1ccc2oc3ccc(-c4cc(-c5cc(-c6ccccc6)cc(-c6ccccc6)c5)ccc4OC)cc3c2c1. The van der Waals surface area contributed by atoms with Crippen LogP contribution in [0.25, 0.3) is 77.6 Å². The van der Waals surface area contributed by atoms with Crippen LogP contribution in [0, 0.1) is 6.92 Å². The molecule has 0 radical (unpaired) electrons. The van der Waals surface area contributed by atoms with Crippen molar-refractivity contribution in [3.63, 3.8) is 0 Å². The molecule has 0 spiro atoms. The number of furan rings is 1. The van der Waals surface area contributed by atoms with Crippen LogP contribution >= 0.6 is 0 Å². The van der Waals surface area contributed by atoms with Gasteiger partial charge in [0.05, 0.1) is 7.11 Å². The fraction of sp³-hybridized carbons (Fsp3) is 0.0588. The predicted molar refractivity (Wildman–Crippen MR) is 225 cm³/mol. The molecule has 0 fully saturated rings. The summed E-state index contributed by atoms with van der Waals surface area (Å²) in [5.74, 6) is 0.817. The zero-order valence-corrected chi connectivity index (χ0v) is 30.3. The molecule has 8 rings (SSSR count). The van der Waals surface area contributed by atoms with Gasteiger partial charge in [-0.05, 0) is 135 Å². The average Bonchev–Trinajstić information content (AvgIpc) is 3.58. The van der Waals surface area contributed by atoms with Crippen LogP contribution in [0.15, 0.2) is 187 Å². The van der Waals surface area contributed by atoms with Gasteiger partial charge in [-0.25, -0.2) is 0 Å². The number of benzene rings is 7. The first-order valence-corrected chi connectivity index (χ1v) is 18.0. The smallest absolute Gasteiger partial charge is 0.135 e. The molecule has 0 N–H and O–H groups in total. The number of allylic oxidation sites excluding steroid dienone is 5. The summed E-state index contributed by atoms with van der Waals surface area (Å²) in [7, 11) is 1.74. The number of methoxy groups -OCH3 is 1. The number of hydrogen-bond acceptors (Lipinski definition) is 2. The summed E-state index contributed by atoms with van der Waals surface area (Å²) in [6.07, 6.45) is 6.17. The van der Waals surface area contributed by atoms with Gasteiger partial charge in [0, 0.05) is 16.3 Å². The minimum absolute atomic E-state index is 0.817. The van der Waals surface area contributed by atoms with Gasteiger partial charge in [0.15, 0.2) is 0 Å². The standard InChI is InChI=1S/C51H40O2/c1-5-14-38(27-35(3)45-20-13-12-15-34(45)2)39-22-25-50-47(32-39)48-33-41(23-26-51(48)53-50)46-31-40(21-24-49(46)52-4)44-29-42(36-16-8-6-9-17-36)28-43(30-44)37-18-10-7-11-19-37/h5-33H,1H2,2-4H3/b35-27+,38-14+. The first kappa shape index (κ1) is 33.5. The van der Waals surface area contributed by atoms with E-state index in [4.69, 9.17) is 9.15 Å². The summed E-state index contributed by atoms with van der Waals surface area (Å²) in [6, 6.07) is 55.8. The Morgan fingerprint density at radius 3 is 1.79 bits per heavy atom. The second-order valence-corrected chi connectivity index (χ2v) is 13.5. The van der Waals surface area contributed by atoms with Crippen LogP contribution in [-0.4, -0.2) is 7.11 Å². The Morgan fingerprint density at radius 1 is 0.566 bits per heavy atom. The van der Waals surface area contributed by atoms with E-state index in [1.165, 1.54) is 39.0 Å². The van der Waals surface area contributed by atoms with E-state index in [-0.39, 0.29) is 0 Å². The Balaban J connectivity index is 1.23. The van der Waals surface area contributed by atoms with Crippen molar-refractivity contribution >= 4 is 33.1 Å². The van der Waals surface area contributed by atoms with Gasteiger partial charge in [0.2, 0.25) is 0 Å². The van der Waals surface area contributed by atoms with Crippen molar-refractivity contribution in [2.75, 3.05) is 7.11 Å². The lowest BCUT2D eigenvalue weighted by molar-refractivity contribution is 0.416. The molecule has 0 amide bonds. The van der Waals surface area contributed by atoms with Gasteiger partial charge in [-0.1, -0.05) is 128 Å². The Morgan fingerprint density at radius 2 is 1.15 bits per heavy atom. The lowest BCUT2D eigenvalue weighted by Gasteiger charge is -2.14. The van der Waals surface area contributed by atoms with Crippen molar-refractivity contribution in [3.8, 4) is 50.3 Å². The minimum atomic E-state index is 0.817. The Bertz CT molecular complexity index is 2610. The molecule has 0 aliphatic heterocycles. The van der Waals surface area contributed by atoms with E-state index in [9.17, 15) is 0 Å². The topological polar surface area (TPSA) is 22.4 Å². The van der Waals surface area contributed by atoms with E-state index >= 15 is 0 Å². The largest absolute Gasteiger partial charge is 0.496 e. The third-order valence-electron chi connectivity index (χ3n) is 10.0. The molecule has 0 aliphatic carbocycles. The quantitative estimate of drug-likeness (QED) is 0.141. The number of aryl methyl sites for hydroxylation is 1. The first-order chi connectivity index (χ1) is 26.0. The monoisotopic (exact) mass is 684 g/mol. The maximum absolute atomic E-state index is 6.38. The molecule has 0 atom stereocenters. The van der Waals surface area contributed by atoms with Crippen LogP contribution in [0.3, 0.4) is 0 Å². The fourth-order valence-electron chi connectivity index (χ4n) is 7.31. The van der Waals surface area contributed by atoms with Crippen molar-refractivity contribution in [1.29, 1.82) is 0 Å². The number of rotatable bonds is 9. The van der Waals surface area contributed by atoms with Gasteiger partial charge in [-0.15, -0.1) is 0 Å². The zero-order chi connectivity index (χ0) is 36.3. The van der Waals surface area contributed by atoms with Crippen LogP contribution in [0.2, 0.25) is 0 Å². The Hall–Kier alpha value is -6.64. The molecule has 0 aliphatic rings. The van der Waals surface area contributed by atoms with Crippen molar-refractivity contribution in [2.45, 2.75) is 13.8 Å². The summed E-state index contributed by atoms with van der Waals surface area (Å²) in [4.78, 5) is 0. The first-order valence-electron chi connectivity index (χ1n) is 18.0. The number of hydrogen-bond donors (Lipinski definition) is 0. The second-order valence-electron chi connectivity index (χ2n) is 13.5. The second kappa shape index (κ2) is 14.5. The summed E-state index contributed by atoms with van der Waals surface area (Å²) in [5, 5.41) is 2.12. The lowest BCUT2D eigenvalue weighted by atomic mass is 9.91. The highest BCUT2D eigenvalue weighted by Crippen LogP contribution is 2.40. The Labute approximate surface area is 311 Å². The highest BCUT2D eigenvalue weighted by atomic mass is 16.5. The average molecular weight is 685 g/mol. The molecule has 0 unspecified atom stereocenters. The maximum Gasteiger partial charge on any atom is 0.135 e. The van der Waals surface area contributed by atoms with Crippen molar-refractivity contribution < 1.29 is 9.15 Å². The summed E-state index contributed by atoms with van der Waals surface area (Å²) in [5.41, 5.74) is 16.6. The van der Waals surface area contributed by atoms with Crippen molar-refractivity contribution in [3.05, 3.63) is 199 Å². The van der Waals surface area contributed by atoms with Crippen molar-refractivity contribution in [2.24, 2.45) is 0 Å². The van der Waals surface area contributed by atoms with E-state index < -0.39 is 0 Å². The van der Waals surface area contributed by atoms with Crippen LogP contribution in [-0.2, 0) is 0 Å². The van der Waals surface area contributed by atoms with Gasteiger partial charge >= 0.3 is 0 Å². The normalized spacial score (nSPS) is 12.0. The van der Waals surface area contributed by atoms with E-state index in [0.717, 1.165) is 61.1 Å². The lowest BCUT2D eigenvalue weighted by Crippen LogP contribution is -1.91. The molecule has 0 saturated carbocycles. The fourth-order valence-corrected chi connectivity index (χ4v) is 7.31. The summed E-state index contributed by atoms with van der Waals surface area (Å²) in [6.45, 7) is 8.34. The molecule has 7 aromatic carbocycles. The maximum atomic E-state index is 6.38. The Kier molecular flexibility index (Phi) is 9.19. The van der Waals surface area contributed by atoms with E-state index in [1.54, 1.807) is 7.11 Å². The molecular weight excluding hydrogens is 645 g/mol. The third-order valence-corrected chi connectivity index (χ3v) is 10.0. The van der Waals surface area contributed by atoms with Gasteiger partial charge in [0.1, 0.15) is 16.9 Å². The van der Waals surface area contributed by atoms with Crippen molar-refractivity contribution in [1.82, 2.24) is 0 Å². The molecule has 1 aromatic heterocycles. The third kappa shape index (κ3) is 6.76. The van der Waals surface area contributed by atoms with Crippen LogP contribution in [0.5, 0.6) is 5.75 Å². The minimum Gasteiger partial charge on any atom is -0.496 e. The molecule has 53 heavy (non-hydrogen) atoms. The molecule has 0 bridgehead atoms. The van der Waals surface area contributed by atoms with Gasteiger partial charge < -0.3 is 9.15 Å². The van der Waals surface area contributed by atoms with Gasteiger partial charge in [-0.2, -0.15) is 0 Å². The van der Waals surface area contributed by atoms with Gasteiger partial charge in [0.25, 0.3) is 0 Å². The molecule has 2 heteroatoms. The van der Waals surface area contributed by atoms with E-state index in [2.05, 4.69) is 190 Å². The molecule has 0 saturated heterocycles. The zero-order valence-electron chi connectivity index (χ0n) is 30.3. The predicted octanol–water partition coefficient (Wildman–Crippen LogP) is 14.2. The van der Waals surface area contributed by atoms with Crippen LogP contribution in [0.4, 0.5) is 0 Å². The summed E-state index contributed by atoms with van der Waals surface area (Å²) < 4.78 is 12.3. The molecular formula is C51H40O2. The molecule has 8 aromatic rings. The van der Waals surface area contributed by atoms with Gasteiger partial charge in [-0.3, -0.25) is 0 Å². The molecule has 256 valence electrons. The number of fused-ring (bicyclic) bond motifs is 3. The van der Waals surface area contributed by atoms with Crippen LogP contribution < -0.4 is 4.74 Å². The van der Waals surface area contributed by atoms with Crippen LogP contribution in [0.1, 0.15) is 23.6 Å². The van der Waals surface area contributed by atoms with E-state index in [1.807, 2.05) is 6.08 Å². The molecule has 2 nitrogen and oxygen atoms in total. The molecule has 1 heterocycles.